The van der Waals surface area contributed by atoms with E-state index in [0.717, 1.165) is 12.5 Å². The van der Waals surface area contributed by atoms with Crippen molar-refractivity contribution in [3.63, 3.8) is 0 Å². The van der Waals surface area contributed by atoms with E-state index in [-0.39, 0.29) is 0 Å². The Morgan fingerprint density at radius 3 is 2.44 bits per heavy atom. The number of rotatable bonds is 10. The highest BCUT2D eigenvalue weighted by Gasteiger charge is 2.20. The van der Waals surface area contributed by atoms with Gasteiger partial charge in [-0.2, -0.15) is 0 Å². The van der Waals surface area contributed by atoms with Crippen LogP contribution in [0, 0.1) is 5.92 Å². The van der Waals surface area contributed by atoms with Gasteiger partial charge in [-0.15, -0.1) is 0 Å². The van der Waals surface area contributed by atoms with Gasteiger partial charge < -0.3 is 15.1 Å². The zero-order chi connectivity index (χ0) is 11.8. The molecule has 0 heterocycles. The maximum Gasteiger partial charge on any atom is 0.0107 e. The van der Waals surface area contributed by atoms with Gasteiger partial charge in [-0.05, 0) is 65.5 Å². The van der Waals surface area contributed by atoms with Crippen LogP contribution in [0.2, 0.25) is 0 Å². The van der Waals surface area contributed by atoms with E-state index in [1.54, 1.807) is 0 Å². The molecule has 1 saturated carbocycles. The zero-order valence-corrected chi connectivity index (χ0v) is 11.3. The Hall–Kier alpha value is -0.120. The molecular formula is C13H29N3. The van der Waals surface area contributed by atoms with Crippen molar-refractivity contribution >= 4 is 0 Å². The Bertz CT molecular complexity index is 167. The minimum Gasteiger partial charge on any atom is -0.315 e. The third-order valence-electron chi connectivity index (χ3n) is 3.26. The summed E-state index contributed by atoms with van der Waals surface area (Å²) < 4.78 is 0. The smallest absolute Gasteiger partial charge is 0.0107 e. The highest BCUT2D eigenvalue weighted by Crippen LogP contribution is 2.27. The number of hydrogen-bond donors (Lipinski definition) is 1. The average Bonchev–Trinajstić information content (AvgIpc) is 3.05. The van der Waals surface area contributed by atoms with E-state index in [1.807, 2.05) is 0 Å². The molecule has 0 aliphatic heterocycles. The van der Waals surface area contributed by atoms with E-state index in [4.69, 9.17) is 0 Å². The fourth-order valence-corrected chi connectivity index (χ4v) is 1.90. The topological polar surface area (TPSA) is 18.5 Å². The van der Waals surface area contributed by atoms with Gasteiger partial charge >= 0.3 is 0 Å². The molecule has 0 amide bonds. The van der Waals surface area contributed by atoms with Crippen molar-refractivity contribution in [1.82, 2.24) is 15.1 Å². The number of likely N-dealkylation sites (N-methyl/N-ethyl adjacent to an activating group) is 1. The molecule has 0 aromatic heterocycles. The third kappa shape index (κ3) is 7.20. The summed E-state index contributed by atoms with van der Waals surface area (Å²) in [5, 5.41) is 3.56. The first-order valence-electron chi connectivity index (χ1n) is 6.80. The monoisotopic (exact) mass is 227 g/mol. The molecule has 1 aliphatic rings. The number of hydrogen-bond acceptors (Lipinski definition) is 3. The van der Waals surface area contributed by atoms with Crippen LogP contribution in [0.5, 0.6) is 0 Å². The molecule has 0 unspecified atom stereocenters. The van der Waals surface area contributed by atoms with Gasteiger partial charge in [-0.3, -0.25) is 0 Å². The fraction of sp³-hybridized carbons (Fsp3) is 1.00. The average molecular weight is 227 g/mol. The highest BCUT2D eigenvalue weighted by atomic mass is 15.1. The second kappa shape index (κ2) is 8.04. The Kier molecular flexibility index (Phi) is 7.01. The summed E-state index contributed by atoms with van der Waals surface area (Å²) >= 11 is 0. The van der Waals surface area contributed by atoms with Crippen molar-refractivity contribution in [3.05, 3.63) is 0 Å². The van der Waals surface area contributed by atoms with E-state index < -0.39 is 0 Å². The summed E-state index contributed by atoms with van der Waals surface area (Å²) in [6.45, 7) is 9.49. The van der Waals surface area contributed by atoms with Crippen LogP contribution in [-0.4, -0.2) is 63.2 Å². The zero-order valence-electron chi connectivity index (χ0n) is 11.3. The molecule has 0 aromatic rings. The van der Waals surface area contributed by atoms with Gasteiger partial charge in [0.25, 0.3) is 0 Å². The predicted octanol–water partition coefficient (Wildman–Crippen LogP) is 1.26. The molecule has 3 heteroatoms. The normalized spacial score (nSPS) is 16.3. The first-order valence-corrected chi connectivity index (χ1v) is 6.80. The first-order chi connectivity index (χ1) is 7.72. The molecule has 0 saturated heterocycles. The van der Waals surface area contributed by atoms with Crippen molar-refractivity contribution in [2.45, 2.75) is 26.2 Å². The molecule has 0 bridgehead atoms. The van der Waals surface area contributed by atoms with Crippen molar-refractivity contribution < 1.29 is 0 Å². The molecule has 1 fully saturated rings. The standard InChI is InChI=1S/C13H29N3/c1-4-16(10-5-9-15(2)3)11-8-14-12-13-6-7-13/h13-14H,4-12H2,1-3H3. The van der Waals surface area contributed by atoms with Crippen molar-refractivity contribution in [3.8, 4) is 0 Å². The summed E-state index contributed by atoms with van der Waals surface area (Å²) in [6.07, 6.45) is 4.18. The lowest BCUT2D eigenvalue weighted by atomic mass is 10.3. The lowest BCUT2D eigenvalue weighted by molar-refractivity contribution is 0.265. The van der Waals surface area contributed by atoms with Gasteiger partial charge in [0.1, 0.15) is 0 Å². The molecule has 0 aromatic carbocycles. The van der Waals surface area contributed by atoms with E-state index in [1.165, 1.54) is 52.0 Å². The Labute approximate surface area is 101 Å². The Balaban J connectivity index is 1.92. The molecule has 1 N–H and O–H groups in total. The maximum atomic E-state index is 3.56. The van der Waals surface area contributed by atoms with Gasteiger partial charge in [0.2, 0.25) is 0 Å². The number of nitrogens with one attached hydrogen (secondary N) is 1. The highest BCUT2D eigenvalue weighted by molar-refractivity contribution is 4.75. The van der Waals surface area contributed by atoms with Crippen molar-refractivity contribution in [2.24, 2.45) is 5.92 Å². The van der Waals surface area contributed by atoms with Crippen LogP contribution in [0.15, 0.2) is 0 Å². The van der Waals surface area contributed by atoms with Crippen LogP contribution < -0.4 is 5.32 Å². The SMILES string of the molecule is CCN(CCCN(C)C)CCNCC1CC1. The van der Waals surface area contributed by atoms with E-state index in [9.17, 15) is 0 Å². The minimum atomic E-state index is 1.00. The summed E-state index contributed by atoms with van der Waals surface area (Å²) in [5.41, 5.74) is 0. The van der Waals surface area contributed by atoms with Gasteiger partial charge in [-0.25, -0.2) is 0 Å². The minimum absolute atomic E-state index is 1.00. The van der Waals surface area contributed by atoms with Gasteiger partial charge in [0.15, 0.2) is 0 Å². The van der Waals surface area contributed by atoms with Crippen LogP contribution >= 0.6 is 0 Å². The molecule has 0 radical (unpaired) electrons. The molecule has 1 rings (SSSR count). The molecule has 0 spiro atoms. The molecule has 96 valence electrons. The number of nitrogens with zero attached hydrogens (tertiary/aromatic N) is 2. The van der Waals surface area contributed by atoms with Crippen LogP contribution in [0.1, 0.15) is 26.2 Å². The molecule has 16 heavy (non-hydrogen) atoms. The van der Waals surface area contributed by atoms with E-state index >= 15 is 0 Å². The van der Waals surface area contributed by atoms with Crippen LogP contribution in [0.3, 0.4) is 0 Å². The first kappa shape index (κ1) is 13.9. The van der Waals surface area contributed by atoms with Gasteiger partial charge in [-0.1, -0.05) is 6.92 Å². The third-order valence-corrected chi connectivity index (χ3v) is 3.26. The molecule has 1 aliphatic carbocycles. The molecular weight excluding hydrogens is 198 g/mol. The quantitative estimate of drug-likeness (QED) is 0.567. The Morgan fingerprint density at radius 2 is 1.88 bits per heavy atom. The summed E-state index contributed by atoms with van der Waals surface area (Å²) in [4.78, 5) is 4.81. The second-order valence-electron chi connectivity index (χ2n) is 5.24. The summed E-state index contributed by atoms with van der Waals surface area (Å²) in [5.74, 6) is 1.00. The maximum absolute atomic E-state index is 3.56. The fourth-order valence-electron chi connectivity index (χ4n) is 1.90. The van der Waals surface area contributed by atoms with Crippen LogP contribution in [0.25, 0.3) is 0 Å². The van der Waals surface area contributed by atoms with E-state index in [2.05, 4.69) is 36.1 Å². The summed E-state index contributed by atoms with van der Waals surface area (Å²) in [6, 6.07) is 0. The molecule has 0 atom stereocenters. The predicted molar refractivity (Wildman–Crippen MR) is 70.9 cm³/mol. The van der Waals surface area contributed by atoms with Crippen molar-refractivity contribution in [2.75, 3.05) is 53.4 Å². The molecule has 3 nitrogen and oxygen atoms in total. The van der Waals surface area contributed by atoms with Gasteiger partial charge in [0.05, 0.1) is 0 Å². The van der Waals surface area contributed by atoms with Gasteiger partial charge in [0, 0.05) is 13.1 Å². The van der Waals surface area contributed by atoms with Crippen molar-refractivity contribution in [1.29, 1.82) is 0 Å². The van der Waals surface area contributed by atoms with Crippen LogP contribution in [-0.2, 0) is 0 Å². The van der Waals surface area contributed by atoms with Crippen LogP contribution in [0.4, 0.5) is 0 Å². The summed E-state index contributed by atoms with van der Waals surface area (Å²) in [7, 11) is 4.29. The lowest BCUT2D eigenvalue weighted by Gasteiger charge is -2.21. The Morgan fingerprint density at radius 1 is 1.12 bits per heavy atom. The lowest BCUT2D eigenvalue weighted by Crippen LogP contribution is -2.34. The second-order valence-corrected chi connectivity index (χ2v) is 5.24. The van der Waals surface area contributed by atoms with E-state index in [0.29, 0.717) is 0 Å². The largest absolute Gasteiger partial charge is 0.315 e.